The van der Waals surface area contributed by atoms with Crippen LogP contribution in [0.15, 0.2) is 42.5 Å². The highest BCUT2D eigenvalue weighted by atomic mass is 32.2. The van der Waals surface area contributed by atoms with Crippen molar-refractivity contribution >= 4 is 27.5 Å². The lowest BCUT2D eigenvalue weighted by Gasteiger charge is -2.33. The van der Waals surface area contributed by atoms with Crippen LogP contribution < -0.4 is 19.1 Å². The number of amides is 2. The molecule has 9 nitrogen and oxygen atoms in total. The molecule has 0 saturated carbocycles. The number of nitrogens with one attached hydrogen (secondary N) is 1. The maximum atomic E-state index is 13.8. The van der Waals surface area contributed by atoms with E-state index in [0.29, 0.717) is 29.9 Å². The Morgan fingerprint density at radius 2 is 1.70 bits per heavy atom. The normalized spacial score (nSPS) is 14.1. The van der Waals surface area contributed by atoms with Crippen molar-refractivity contribution in [1.29, 1.82) is 0 Å². The topological polar surface area (TPSA) is 105 Å². The Balaban J connectivity index is 1.96. The second kappa shape index (κ2) is 12.3. The van der Waals surface area contributed by atoms with Gasteiger partial charge in [0, 0.05) is 18.7 Å². The van der Waals surface area contributed by atoms with E-state index >= 15 is 0 Å². The van der Waals surface area contributed by atoms with Crippen molar-refractivity contribution in [3.63, 3.8) is 0 Å². The highest BCUT2D eigenvalue weighted by Gasteiger charge is 2.33. The first-order valence-corrected chi connectivity index (χ1v) is 13.9. The van der Waals surface area contributed by atoms with Gasteiger partial charge in [0.25, 0.3) is 0 Å². The molecule has 0 fully saturated rings. The van der Waals surface area contributed by atoms with Crippen molar-refractivity contribution in [2.75, 3.05) is 23.4 Å². The molecule has 37 heavy (non-hydrogen) atoms. The van der Waals surface area contributed by atoms with E-state index in [1.807, 2.05) is 13.8 Å². The van der Waals surface area contributed by atoms with Crippen LogP contribution in [0.1, 0.15) is 46.1 Å². The monoisotopic (exact) mass is 535 g/mol. The third-order valence-electron chi connectivity index (χ3n) is 6.28. The van der Waals surface area contributed by atoms with E-state index in [4.69, 9.17) is 9.47 Å². The van der Waals surface area contributed by atoms with Gasteiger partial charge in [-0.25, -0.2) is 12.8 Å². The average Bonchev–Trinajstić information content (AvgIpc) is 3.36. The summed E-state index contributed by atoms with van der Waals surface area (Å²) in [5.41, 5.74) is 0.857. The number of nitrogens with zero attached hydrogens (tertiary/aromatic N) is 2. The second-order valence-electron chi connectivity index (χ2n) is 8.83. The van der Waals surface area contributed by atoms with Crippen molar-refractivity contribution in [1.82, 2.24) is 10.2 Å². The fourth-order valence-corrected chi connectivity index (χ4v) is 4.96. The number of ether oxygens (including phenoxy) is 2. The summed E-state index contributed by atoms with van der Waals surface area (Å²) in [5, 5.41) is 2.91. The van der Waals surface area contributed by atoms with Gasteiger partial charge in [-0.2, -0.15) is 0 Å². The molecule has 202 valence electrons. The van der Waals surface area contributed by atoms with E-state index in [0.717, 1.165) is 4.31 Å². The second-order valence-corrected chi connectivity index (χ2v) is 11.0. The summed E-state index contributed by atoms with van der Waals surface area (Å²) < 4.78 is 51.4. The van der Waals surface area contributed by atoms with Crippen molar-refractivity contribution in [3.8, 4) is 11.5 Å². The Hall–Kier alpha value is -3.34. The summed E-state index contributed by atoms with van der Waals surface area (Å²) in [6.45, 7) is 6.58. The molecular weight excluding hydrogens is 501 g/mol. The lowest BCUT2D eigenvalue weighted by atomic mass is 10.1. The van der Waals surface area contributed by atoms with Gasteiger partial charge in [0.05, 0.1) is 11.4 Å². The molecule has 0 aromatic heterocycles. The molecular formula is C26H34FN3O6S. The summed E-state index contributed by atoms with van der Waals surface area (Å²) in [5.74, 6) is -0.701. The van der Waals surface area contributed by atoms with Gasteiger partial charge in [-0.15, -0.1) is 0 Å². The molecule has 2 atom stereocenters. The SMILES string of the molecule is CC[C@@H](C)NC(=O)[C@H](CC)N(Cc1ccc(F)cc1)C(=O)CN(c1ccc2c(c1)OCO2)S(=O)(=O)CC. The molecule has 1 N–H and O–H groups in total. The van der Waals surface area contributed by atoms with Gasteiger partial charge in [0.15, 0.2) is 11.5 Å². The number of fused-ring (bicyclic) bond motifs is 1. The Morgan fingerprint density at radius 3 is 2.32 bits per heavy atom. The van der Waals surface area contributed by atoms with Gasteiger partial charge in [-0.1, -0.05) is 26.0 Å². The summed E-state index contributed by atoms with van der Waals surface area (Å²) in [6.07, 6.45) is 1.01. The molecule has 0 radical (unpaired) electrons. The van der Waals surface area contributed by atoms with Crippen LogP contribution in [-0.2, 0) is 26.2 Å². The van der Waals surface area contributed by atoms with Gasteiger partial charge in [-0.3, -0.25) is 13.9 Å². The highest BCUT2D eigenvalue weighted by Crippen LogP contribution is 2.36. The number of benzene rings is 2. The minimum absolute atomic E-state index is 0.00664. The van der Waals surface area contributed by atoms with Gasteiger partial charge in [-0.05, 0) is 56.5 Å². The lowest BCUT2D eigenvalue weighted by molar-refractivity contribution is -0.140. The van der Waals surface area contributed by atoms with Crippen LogP contribution in [0.3, 0.4) is 0 Å². The summed E-state index contributed by atoms with van der Waals surface area (Å²) >= 11 is 0. The Bertz CT molecular complexity index is 1210. The number of hydrogen-bond donors (Lipinski definition) is 1. The predicted octanol–water partition coefficient (Wildman–Crippen LogP) is 3.43. The van der Waals surface area contributed by atoms with E-state index in [-0.39, 0.29) is 36.7 Å². The van der Waals surface area contributed by atoms with Crippen molar-refractivity contribution in [3.05, 3.63) is 53.8 Å². The van der Waals surface area contributed by atoms with Crippen molar-refractivity contribution in [2.24, 2.45) is 0 Å². The van der Waals surface area contributed by atoms with Gasteiger partial charge in [0.2, 0.25) is 28.6 Å². The molecule has 2 amide bonds. The highest BCUT2D eigenvalue weighted by molar-refractivity contribution is 7.92. The maximum absolute atomic E-state index is 13.8. The van der Waals surface area contributed by atoms with Crippen LogP contribution in [0.25, 0.3) is 0 Å². The zero-order valence-corrected chi connectivity index (χ0v) is 22.4. The molecule has 1 aliphatic rings. The summed E-state index contributed by atoms with van der Waals surface area (Å²) in [7, 11) is -3.87. The molecule has 2 aromatic rings. The molecule has 0 unspecified atom stereocenters. The van der Waals surface area contributed by atoms with Gasteiger partial charge in [0.1, 0.15) is 18.4 Å². The lowest BCUT2D eigenvalue weighted by Crippen LogP contribution is -2.53. The first kappa shape index (κ1) is 28.2. The minimum Gasteiger partial charge on any atom is -0.454 e. The van der Waals surface area contributed by atoms with E-state index in [2.05, 4.69) is 5.32 Å². The molecule has 2 aromatic carbocycles. The molecule has 0 bridgehead atoms. The molecule has 0 aliphatic carbocycles. The minimum atomic E-state index is -3.87. The molecule has 3 rings (SSSR count). The largest absolute Gasteiger partial charge is 0.454 e. The van der Waals surface area contributed by atoms with Crippen LogP contribution in [0.2, 0.25) is 0 Å². The number of carbonyl (C=O) groups is 2. The van der Waals surface area contributed by atoms with Crippen LogP contribution >= 0.6 is 0 Å². The fourth-order valence-electron chi connectivity index (χ4n) is 3.91. The molecule has 0 saturated heterocycles. The molecule has 0 spiro atoms. The van der Waals surface area contributed by atoms with Crippen LogP contribution in [0.4, 0.5) is 10.1 Å². The maximum Gasteiger partial charge on any atom is 0.244 e. The first-order chi connectivity index (χ1) is 17.6. The van der Waals surface area contributed by atoms with Gasteiger partial charge >= 0.3 is 0 Å². The summed E-state index contributed by atoms with van der Waals surface area (Å²) in [4.78, 5) is 28.3. The average molecular weight is 536 g/mol. The van der Waals surface area contributed by atoms with Crippen molar-refractivity contribution in [2.45, 2.75) is 59.2 Å². The first-order valence-electron chi connectivity index (χ1n) is 12.3. The molecule has 1 aliphatic heterocycles. The molecule has 11 heteroatoms. The van der Waals surface area contributed by atoms with Crippen LogP contribution in [-0.4, -0.2) is 56.3 Å². The third-order valence-corrected chi connectivity index (χ3v) is 8.02. The number of halogens is 1. The third kappa shape index (κ3) is 6.91. The number of hydrogen-bond acceptors (Lipinski definition) is 6. The van der Waals surface area contributed by atoms with Crippen LogP contribution in [0, 0.1) is 5.82 Å². The summed E-state index contributed by atoms with van der Waals surface area (Å²) in [6, 6.07) is 9.32. The predicted molar refractivity (Wildman–Crippen MR) is 138 cm³/mol. The van der Waals surface area contributed by atoms with E-state index < -0.39 is 34.3 Å². The van der Waals surface area contributed by atoms with Crippen molar-refractivity contribution < 1.29 is 31.9 Å². The molecule has 1 heterocycles. The van der Waals surface area contributed by atoms with E-state index in [1.54, 1.807) is 19.1 Å². The number of sulfonamides is 1. The standard InChI is InChI=1S/C26H34FN3O6S/c1-5-18(4)28-26(32)22(6-2)29(15-19-8-10-20(27)11-9-19)25(31)16-30(37(33,34)7-3)21-12-13-23-24(14-21)36-17-35-23/h8-14,18,22H,5-7,15-17H2,1-4H3,(H,28,32)/t18-,22+/m1/s1. The number of anilines is 1. The fraction of sp³-hybridized carbons (Fsp3) is 0.462. The zero-order valence-electron chi connectivity index (χ0n) is 21.6. The van der Waals surface area contributed by atoms with E-state index in [9.17, 15) is 22.4 Å². The zero-order chi connectivity index (χ0) is 27.2. The quantitative estimate of drug-likeness (QED) is 0.447. The number of carbonyl (C=O) groups excluding carboxylic acids is 2. The Kier molecular flexibility index (Phi) is 9.36. The number of rotatable bonds is 12. The van der Waals surface area contributed by atoms with Gasteiger partial charge < -0.3 is 19.7 Å². The van der Waals surface area contributed by atoms with E-state index in [1.165, 1.54) is 42.2 Å². The Labute approximate surface area is 217 Å². The Morgan fingerprint density at radius 1 is 1.03 bits per heavy atom. The smallest absolute Gasteiger partial charge is 0.244 e. The van der Waals surface area contributed by atoms with Crippen LogP contribution in [0.5, 0.6) is 11.5 Å².